The second kappa shape index (κ2) is 7.16. The summed E-state index contributed by atoms with van der Waals surface area (Å²) in [6, 6.07) is 9.02. The van der Waals surface area contributed by atoms with Crippen molar-refractivity contribution in [3.63, 3.8) is 0 Å². The van der Waals surface area contributed by atoms with Gasteiger partial charge in [0.05, 0.1) is 16.9 Å². The molecule has 3 heterocycles. The van der Waals surface area contributed by atoms with Crippen LogP contribution in [0.1, 0.15) is 22.4 Å². The van der Waals surface area contributed by atoms with Gasteiger partial charge in [0.2, 0.25) is 5.13 Å². The van der Waals surface area contributed by atoms with Gasteiger partial charge in [-0.05, 0) is 51.0 Å². The van der Waals surface area contributed by atoms with E-state index in [9.17, 15) is 8.42 Å². The Kier molecular flexibility index (Phi) is 4.79. The number of thiazole rings is 1. The molecule has 0 fully saturated rings. The quantitative estimate of drug-likeness (QED) is 0.501. The van der Waals surface area contributed by atoms with E-state index >= 15 is 0 Å². The van der Waals surface area contributed by atoms with Gasteiger partial charge in [-0.15, -0.1) is 11.3 Å². The number of aromatic nitrogens is 3. The minimum absolute atomic E-state index is 0.281. The molecule has 0 amide bonds. The minimum atomic E-state index is -3.80. The van der Waals surface area contributed by atoms with Crippen molar-refractivity contribution >= 4 is 27.2 Å². The van der Waals surface area contributed by atoms with Crippen LogP contribution in [-0.4, -0.2) is 23.2 Å². The van der Waals surface area contributed by atoms with E-state index in [1.54, 1.807) is 39.2 Å². The lowest BCUT2D eigenvalue weighted by atomic mass is 10.1. The SMILES string of the molecule is Cc1cc(C)c(S(=O)(=O)Nc2cc(C)nn2-c2nc(-c3ccco3)cs2)c(C)c1. The highest BCUT2D eigenvalue weighted by atomic mass is 32.2. The lowest BCUT2D eigenvalue weighted by Gasteiger charge is -2.14. The molecule has 1 aromatic carbocycles. The van der Waals surface area contributed by atoms with Crippen molar-refractivity contribution in [2.75, 3.05) is 4.72 Å². The van der Waals surface area contributed by atoms with Gasteiger partial charge in [0.1, 0.15) is 11.5 Å². The van der Waals surface area contributed by atoms with Gasteiger partial charge in [-0.1, -0.05) is 17.7 Å². The van der Waals surface area contributed by atoms with Gasteiger partial charge in [0.25, 0.3) is 10.0 Å². The summed E-state index contributed by atoms with van der Waals surface area (Å²) in [5.41, 5.74) is 3.77. The summed E-state index contributed by atoms with van der Waals surface area (Å²) in [7, 11) is -3.80. The van der Waals surface area contributed by atoms with Crippen molar-refractivity contribution in [2.24, 2.45) is 0 Å². The molecule has 1 N–H and O–H groups in total. The van der Waals surface area contributed by atoms with E-state index in [0.29, 0.717) is 39.2 Å². The van der Waals surface area contributed by atoms with Crippen LogP contribution in [0, 0.1) is 27.7 Å². The zero-order valence-corrected chi connectivity index (χ0v) is 18.1. The van der Waals surface area contributed by atoms with Crippen molar-refractivity contribution in [3.05, 3.63) is 64.4 Å². The highest BCUT2D eigenvalue weighted by molar-refractivity contribution is 7.92. The Hall–Kier alpha value is -2.91. The van der Waals surface area contributed by atoms with Crippen molar-refractivity contribution in [1.82, 2.24) is 14.8 Å². The predicted octanol–water partition coefficient (Wildman–Crippen LogP) is 4.62. The van der Waals surface area contributed by atoms with Crippen LogP contribution in [0.25, 0.3) is 16.6 Å². The number of rotatable bonds is 5. The molecule has 150 valence electrons. The van der Waals surface area contributed by atoms with E-state index in [4.69, 9.17) is 4.42 Å². The van der Waals surface area contributed by atoms with Crippen LogP contribution in [0.2, 0.25) is 0 Å². The molecule has 3 aromatic heterocycles. The van der Waals surface area contributed by atoms with Crippen LogP contribution in [0.15, 0.2) is 51.3 Å². The lowest BCUT2D eigenvalue weighted by molar-refractivity contribution is 0.580. The Bertz CT molecular complexity index is 1260. The topological polar surface area (TPSA) is 90.0 Å². The van der Waals surface area contributed by atoms with Crippen LogP contribution in [0.5, 0.6) is 0 Å². The number of nitrogens with zero attached hydrogens (tertiary/aromatic N) is 3. The van der Waals surface area contributed by atoms with Gasteiger partial charge >= 0.3 is 0 Å². The summed E-state index contributed by atoms with van der Waals surface area (Å²) in [6.07, 6.45) is 1.58. The van der Waals surface area contributed by atoms with E-state index < -0.39 is 10.0 Å². The molecule has 7 nitrogen and oxygen atoms in total. The molecule has 0 unspecified atom stereocenters. The number of sulfonamides is 1. The number of hydrogen-bond acceptors (Lipinski definition) is 6. The maximum atomic E-state index is 13.2. The molecule has 0 saturated carbocycles. The molecule has 29 heavy (non-hydrogen) atoms. The number of nitrogens with one attached hydrogen (secondary N) is 1. The first-order valence-corrected chi connectivity index (χ1v) is 11.3. The third-order valence-corrected chi connectivity index (χ3v) is 6.87. The number of hydrogen-bond donors (Lipinski definition) is 1. The number of furan rings is 1. The van der Waals surface area contributed by atoms with Crippen LogP contribution in [0.3, 0.4) is 0 Å². The fourth-order valence-corrected chi connectivity index (χ4v) is 5.66. The molecule has 0 bridgehead atoms. The largest absolute Gasteiger partial charge is 0.463 e. The maximum absolute atomic E-state index is 13.2. The molecule has 0 atom stereocenters. The number of anilines is 1. The Morgan fingerprint density at radius 3 is 2.48 bits per heavy atom. The molecule has 4 aromatic rings. The average molecular weight is 429 g/mol. The minimum Gasteiger partial charge on any atom is -0.463 e. The Morgan fingerprint density at radius 2 is 1.83 bits per heavy atom. The lowest BCUT2D eigenvalue weighted by Crippen LogP contribution is -2.18. The van der Waals surface area contributed by atoms with Gasteiger partial charge < -0.3 is 4.42 Å². The standard InChI is InChI=1S/C20H20N4O3S2/c1-12-8-13(2)19(14(3)9-12)29(25,26)23-18-10-15(4)22-24(18)20-21-16(11-28-20)17-6-5-7-27-17/h5-11,23H,1-4H3. The smallest absolute Gasteiger partial charge is 0.263 e. The van der Waals surface area contributed by atoms with Gasteiger partial charge in [-0.3, -0.25) is 4.72 Å². The fraction of sp³-hybridized carbons (Fsp3) is 0.200. The van der Waals surface area contributed by atoms with Crippen molar-refractivity contribution in [1.29, 1.82) is 0 Å². The van der Waals surface area contributed by atoms with E-state index in [-0.39, 0.29) is 4.90 Å². The summed E-state index contributed by atoms with van der Waals surface area (Å²) in [4.78, 5) is 4.82. The predicted molar refractivity (Wildman–Crippen MR) is 113 cm³/mol. The van der Waals surface area contributed by atoms with Gasteiger partial charge in [-0.2, -0.15) is 9.78 Å². The van der Waals surface area contributed by atoms with Gasteiger partial charge in [0.15, 0.2) is 5.76 Å². The third kappa shape index (κ3) is 3.70. The second-order valence-electron chi connectivity index (χ2n) is 6.91. The van der Waals surface area contributed by atoms with Gasteiger partial charge in [-0.25, -0.2) is 13.4 Å². The zero-order valence-electron chi connectivity index (χ0n) is 16.4. The molecular formula is C20H20N4O3S2. The second-order valence-corrected chi connectivity index (χ2v) is 9.36. The highest BCUT2D eigenvalue weighted by Crippen LogP contribution is 2.29. The molecule has 4 rings (SSSR count). The molecule has 0 aliphatic rings. The van der Waals surface area contributed by atoms with Gasteiger partial charge in [0, 0.05) is 11.4 Å². The summed E-state index contributed by atoms with van der Waals surface area (Å²) in [5.74, 6) is 0.978. The van der Waals surface area contributed by atoms with Crippen LogP contribution in [0.4, 0.5) is 5.82 Å². The maximum Gasteiger partial charge on any atom is 0.263 e. The Balaban J connectivity index is 1.73. The molecule has 0 radical (unpaired) electrons. The molecule has 0 spiro atoms. The summed E-state index contributed by atoms with van der Waals surface area (Å²) in [6.45, 7) is 7.35. The zero-order chi connectivity index (χ0) is 20.8. The summed E-state index contributed by atoms with van der Waals surface area (Å²) in [5, 5.41) is 6.81. The molecular weight excluding hydrogens is 408 g/mol. The van der Waals surface area contributed by atoms with E-state index in [2.05, 4.69) is 14.8 Å². The van der Waals surface area contributed by atoms with Crippen LogP contribution >= 0.6 is 11.3 Å². The molecule has 0 aliphatic carbocycles. The normalized spacial score (nSPS) is 11.7. The summed E-state index contributed by atoms with van der Waals surface area (Å²) >= 11 is 1.35. The third-order valence-electron chi connectivity index (χ3n) is 4.39. The first-order valence-electron chi connectivity index (χ1n) is 8.92. The van der Waals surface area contributed by atoms with Crippen LogP contribution < -0.4 is 4.72 Å². The monoisotopic (exact) mass is 428 g/mol. The number of aryl methyl sites for hydroxylation is 4. The molecule has 0 saturated heterocycles. The van der Waals surface area contributed by atoms with E-state index in [1.807, 2.05) is 30.5 Å². The first kappa shape index (κ1) is 19.4. The molecule has 0 aliphatic heterocycles. The highest BCUT2D eigenvalue weighted by Gasteiger charge is 2.23. The van der Waals surface area contributed by atoms with Crippen molar-refractivity contribution in [3.8, 4) is 16.6 Å². The molecule has 9 heteroatoms. The van der Waals surface area contributed by atoms with Crippen LogP contribution in [-0.2, 0) is 10.0 Å². The average Bonchev–Trinajstić information content (AvgIpc) is 3.33. The number of benzene rings is 1. The van der Waals surface area contributed by atoms with Crippen molar-refractivity contribution in [2.45, 2.75) is 32.6 Å². The van der Waals surface area contributed by atoms with E-state index in [1.165, 1.54) is 16.0 Å². The Labute approximate surface area is 173 Å². The Morgan fingerprint density at radius 1 is 1.10 bits per heavy atom. The van der Waals surface area contributed by atoms with E-state index in [0.717, 1.165) is 5.56 Å². The first-order chi connectivity index (χ1) is 13.7. The summed E-state index contributed by atoms with van der Waals surface area (Å²) < 4.78 is 35.9. The van der Waals surface area contributed by atoms with Crippen molar-refractivity contribution < 1.29 is 12.8 Å². The fourth-order valence-electron chi connectivity index (χ4n) is 3.40.